The van der Waals surface area contributed by atoms with Gasteiger partial charge in [0.05, 0.1) is 11.2 Å². The predicted octanol–water partition coefficient (Wildman–Crippen LogP) is 2.82. The van der Waals surface area contributed by atoms with E-state index in [1.54, 1.807) is 11.3 Å². The monoisotopic (exact) mass is 232 g/mol. The molecule has 1 heterocycles. The molecule has 84 valence electrons. The van der Waals surface area contributed by atoms with Crippen LogP contribution in [0.15, 0.2) is 41.2 Å². The molecule has 0 fully saturated rings. The maximum absolute atomic E-state index is 5.83. The second-order valence-electron chi connectivity index (χ2n) is 3.86. The lowest BCUT2D eigenvalue weighted by atomic mass is 9.94. The Morgan fingerprint density at radius 2 is 2.06 bits per heavy atom. The summed E-state index contributed by atoms with van der Waals surface area (Å²) in [5.41, 5.74) is 10.2. The lowest BCUT2D eigenvalue weighted by molar-refractivity contribution is 0.629. The SMILES string of the molecule is NCC(CCc1cscn1)c1ccccc1. The van der Waals surface area contributed by atoms with Crippen LogP contribution in [0.25, 0.3) is 0 Å². The molecule has 0 amide bonds. The summed E-state index contributed by atoms with van der Waals surface area (Å²) in [5, 5.41) is 2.11. The Hall–Kier alpha value is -1.19. The molecule has 0 aliphatic carbocycles. The molecular weight excluding hydrogens is 216 g/mol. The third-order valence-corrected chi connectivity index (χ3v) is 3.42. The topological polar surface area (TPSA) is 38.9 Å². The normalized spacial score (nSPS) is 12.6. The molecule has 0 saturated carbocycles. The van der Waals surface area contributed by atoms with Crippen LogP contribution in [0.4, 0.5) is 0 Å². The van der Waals surface area contributed by atoms with Gasteiger partial charge < -0.3 is 5.73 Å². The first kappa shape index (κ1) is 11.3. The summed E-state index contributed by atoms with van der Waals surface area (Å²) in [6, 6.07) is 10.5. The van der Waals surface area contributed by atoms with E-state index in [-0.39, 0.29) is 0 Å². The highest BCUT2D eigenvalue weighted by molar-refractivity contribution is 7.07. The number of nitrogens with zero attached hydrogens (tertiary/aromatic N) is 1. The van der Waals surface area contributed by atoms with Crippen LogP contribution in [-0.4, -0.2) is 11.5 Å². The Labute approximate surface area is 100 Å². The Morgan fingerprint density at radius 3 is 2.69 bits per heavy atom. The average molecular weight is 232 g/mol. The van der Waals surface area contributed by atoms with Crippen molar-refractivity contribution in [2.75, 3.05) is 6.54 Å². The summed E-state index contributed by atoms with van der Waals surface area (Å²) >= 11 is 1.65. The maximum atomic E-state index is 5.83. The first-order valence-corrected chi connectivity index (χ1v) is 6.46. The number of hydrogen-bond acceptors (Lipinski definition) is 3. The Morgan fingerprint density at radius 1 is 1.25 bits per heavy atom. The number of aryl methyl sites for hydroxylation is 1. The number of aromatic nitrogens is 1. The van der Waals surface area contributed by atoms with Crippen LogP contribution in [0.1, 0.15) is 23.6 Å². The highest BCUT2D eigenvalue weighted by Gasteiger charge is 2.09. The van der Waals surface area contributed by atoms with Gasteiger partial charge in [-0.15, -0.1) is 11.3 Å². The molecule has 16 heavy (non-hydrogen) atoms. The first-order chi connectivity index (χ1) is 7.90. The predicted molar refractivity (Wildman–Crippen MR) is 68.7 cm³/mol. The fraction of sp³-hybridized carbons (Fsp3) is 0.308. The van der Waals surface area contributed by atoms with Crippen molar-refractivity contribution < 1.29 is 0 Å². The minimum atomic E-state index is 0.447. The summed E-state index contributed by atoms with van der Waals surface area (Å²) in [6.45, 7) is 0.703. The first-order valence-electron chi connectivity index (χ1n) is 5.52. The van der Waals surface area contributed by atoms with Crippen LogP contribution in [0.2, 0.25) is 0 Å². The van der Waals surface area contributed by atoms with Crippen LogP contribution >= 0.6 is 11.3 Å². The molecule has 0 bridgehead atoms. The van der Waals surface area contributed by atoms with Crippen molar-refractivity contribution >= 4 is 11.3 Å². The molecule has 2 rings (SSSR count). The van der Waals surface area contributed by atoms with E-state index in [0.29, 0.717) is 12.5 Å². The van der Waals surface area contributed by atoms with Gasteiger partial charge in [-0.05, 0) is 30.9 Å². The van der Waals surface area contributed by atoms with Crippen LogP contribution in [0.3, 0.4) is 0 Å². The van der Waals surface area contributed by atoms with E-state index >= 15 is 0 Å². The van der Waals surface area contributed by atoms with Gasteiger partial charge in [0.1, 0.15) is 0 Å². The van der Waals surface area contributed by atoms with Crippen molar-refractivity contribution in [1.29, 1.82) is 0 Å². The lowest BCUT2D eigenvalue weighted by Crippen LogP contribution is -2.13. The van der Waals surface area contributed by atoms with Crippen LogP contribution in [0, 0.1) is 0 Å². The van der Waals surface area contributed by atoms with Gasteiger partial charge in [-0.2, -0.15) is 0 Å². The van der Waals surface area contributed by atoms with Crippen LogP contribution < -0.4 is 5.73 Å². The molecule has 0 radical (unpaired) electrons. The summed E-state index contributed by atoms with van der Waals surface area (Å²) in [7, 11) is 0. The van der Waals surface area contributed by atoms with E-state index in [1.165, 1.54) is 11.3 Å². The van der Waals surface area contributed by atoms with Crippen molar-refractivity contribution in [2.24, 2.45) is 5.73 Å². The second-order valence-corrected chi connectivity index (χ2v) is 4.58. The number of rotatable bonds is 5. The zero-order valence-corrected chi connectivity index (χ0v) is 9.99. The highest BCUT2D eigenvalue weighted by atomic mass is 32.1. The molecular formula is C13H16N2S. The Kier molecular flexibility index (Phi) is 4.08. The summed E-state index contributed by atoms with van der Waals surface area (Å²) in [4.78, 5) is 4.29. The van der Waals surface area contributed by atoms with E-state index < -0.39 is 0 Å². The van der Waals surface area contributed by atoms with E-state index in [4.69, 9.17) is 5.73 Å². The fourth-order valence-electron chi connectivity index (χ4n) is 1.83. The summed E-state index contributed by atoms with van der Waals surface area (Å²) in [5.74, 6) is 0.447. The smallest absolute Gasteiger partial charge is 0.0794 e. The van der Waals surface area contributed by atoms with Gasteiger partial charge in [0.2, 0.25) is 0 Å². The Balaban J connectivity index is 1.96. The van der Waals surface area contributed by atoms with Gasteiger partial charge in [-0.1, -0.05) is 30.3 Å². The molecule has 2 aromatic rings. The third kappa shape index (κ3) is 2.90. The van der Waals surface area contributed by atoms with Crippen LogP contribution in [0.5, 0.6) is 0 Å². The van der Waals surface area contributed by atoms with Gasteiger partial charge >= 0.3 is 0 Å². The number of hydrogen-bond donors (Lipinski definition) is 1. The molecule has 1 aromatic heterocycles. The average Bonchev–Trinajstić information content (AvgIpc) is 2.84. The quantitative estimate of drug-likeness (QED) is 0.861. The molecule has 0 saturated heterocycles. The molecule has 0 aliphatic rings. The number of thiazole rings is 1. The lowest BCUT2D eigenvalue weighted by Gasteiger charge is -2.14. The third-order valence-electron chi connectivity index (χ3n) is 2.79. The standard InChI is InChI=1S/C13H16N2S/c14-8-12(11-4-2-1-3-5-11)6-7-13-9-16-10-15-13/h1-5,9-10,12H,6-8,14H2. The molecule has 0 spiro atoms. The molecule has 1 atom stereocenters. The van der Waals surface area contributed by atoms with Crippen LogP contribution in [-0.2, 0) is 6.42 Å². The molecule has 1 unspecified atom stereocenters. The maximum Gasteiger partial charge on any atom is 0.0794 e. The molecule has 1 aromatic carbocycles. The summed E-state index contributed by atoms with van der Waals surface area (Å²) in [6.07, 6.45) is 2.09. The second kappa shape index (κ2) is 5.77. The van der Waals surface area contributed by atoms with Gasteiger partial charge in [-0.25, -0.2) is 4.98 Å². The zero-order chi connectivity index (χ0) is 11.2. The number of benzene rings is 1. The highest BCUT2D eigenvalue weighted by Crippen LogP contribution is 2.20. The van der Waals surface area contributed by atoms with E-state index in [1.807, 2.05) is 11.6 Å². The van der Waals surface area contributed by atoms with Gasteiger partial charge in [0.15, 0.2) is 0 Å². The molecule has 0 aliphatic heterocycles. The van der Waals surface area contributed by atoms with E-state index in [0.717, 1.165) is 12.8 Å². The molecule has 3 heteroatoms. The molecule has 2 nitrogen and oxygen atoms in total. The van der Waals surface area contributed by atoms with Gasteiger partial charge in [0, 0.05) is 5.38 Å². The van der Waals surface area contributed by atoms with Crippen molar-refractivity contribution in [2.45, 2.75) is 18.8 Å². The minimum absolute atomic E-state index is 0.447. The van der Waals surface area contributed by atoms with E-state index in [2.05, 4.69) is 34.6 Å². The number of nitrogens with two attached hydrogens (primary N) is 1. The van der Waals surface area contributed by atoms with Gasteiger partial charge in [-0.3, -0.25) is 0 Å². The largest absolute Gasteiger partial charge is 0.330 e. The van der Waals surface area contributed by atoms with Gasteiger partial charge in [0.25, 0.3) is 0 Å². The van der Waals surface area contributed by atoms with E-state index in [9.17, 15) is 0 Å². The minimum Gasteiger partial charge on any atom is -0.330 e. The van der Waals surface area contributed by atoms with Crippen molar-refractivity contribution in [3.05, 3.63) is 52.5 Å². The summed E-state index contributed by atoms with van der Waals surface area (Å²) < 4.78 is 0. The molecule has 2 N–H and O–H groups in total. The fourth-order valence-corrected chi connectivity index (χ4v) is 2.42. The Bertz CT molecular complexity index is 397. The zero-order valence-electron chi connectivity index (χ0n) is 9.17. The van der Waals surface area contributed by atoms with Crippen molar-refractivity contribution in [1.82, 2.24) is 4.98 Å². The van der Waals surface area contributed by atoms with Crippen molar-refractivity contribution in [3.63, 3.8) is 0 Å². The van der Waals surface area contributed by atoms with Crippen molar-refractivity contribution in [3.8, 4) is 0 Å².